The Morgan fingerprint density at radius 3 is 1.28 bits per heavy atom. The Balaban J connectivity index is 0.881. The first kappa shape index (κ1) is 39.3. The summed E-state index contributed by atoms with van der Waals surface area (Å²) in [6.07, 6.45) is 0. The van der Waals surface area contributed by atoms with Gasteiger partial charge in [-0.25, -0.2) is 9.97 Å². The van der Waals surface area contributed by atoms with Gasteiger partial charge < -0.3 is 9.13 Å². The van der Waals surface area contributed by atoms with E-state index in [2.05, 4.69) is 228 Å². The summed E-state index contributed by atoms with van der Waals surface area (Å²) in [5, 5.41) is 7.46. The Hall–Kier alpha value is -8.90. The summed E-state index contributed by atoms with van der Waals surface area (Å²) in [5.41, 5.74) is 16.8. The fourth-order valence-electron chi connectivity index (χ4n) is 10.4. The largest absolute Gasteiger partial charge is 0.309 e. The average molecular weight is 897 g/mol. The molecule has 4 heterocycles. The second kappa shape index (κ2) is 15.9. The number of thiophene rings is 1. The summed E-state index contributed by atoms with van der Waals surface area (Å²) in [6, 6.07) is 87.6. The molecular weight excluding hydrogens is 857 g/mol. The quantitative estimate of drug-likeness (QED) is 0.160. The number of aromatic nitrogens is 4. The highest BCUT2D eigenvalue weighted by Gasteiger charge is 2.18. The molecule has 0 aliphatic heterocycles. The molecule has 0 aliphatic rings. The van der Waals surface area contributed by atoms with Gasteiger partial charge in [-0.1, -0.05) is 152 Å². The number of hydrogen-bond acceptors (Lipinski definition) is 3. The molecule has 14 rings (SSSR count). The molecule has 0 fully saturated rings. The van der Waals surface area contributed by atoms with E-state index in [1.54, 1.807) is 0 Å². The number of para-hydroxylation sites is 3. The van der Waals surface area contributed by atoms with Crippen molar-refractivity contribution in [1.82, 2.24) is 19.1 Å². The van der Waals surface area contributed by atoms with Gasteiger partial charge in [-0.3, -0.25) is 0 Å². The normalized spacial score (nSPS) is 11.8. The van der Waals surface area contributed by atoms with Crippen molar-refractivity contribution < 1.29 is 0 Å². The maximum Gasteiger partial charge on any atom is 0.160 e. The van der Waals surface area contributed by atoms with Crippen molar-refractivity contribution in [1.29, 1.82) is 0 Å². The van der Waals surface area contributed by atoms with Gasteiger partial charge in [-0.2, -0.15) is 0 Å². The van der Waals surface area contributed by atoms with Gasteiger partial charge in [0.05, 0.1) is 33.5 Å². The molecule has 0 bridgehead atoms. The van der Waals surface area contributed by atoms with E-state index in [0.717, 1.165) is 45.3 Å². The lowest BCUT2D eigenvalue weighted by Gasteiger charge is -2.09. The van der Waals surface area contributed by atoms with E-state index < -0.39 is 0 Å². The van der Waals surface area contributed by atoms with Gasteiger partial charge in [0.1, 0.15) is 0 Å². The second-order valence-corrected chi connectivity index (χ2v) is 18.9. The second-order valence-electron chi connectivity index (χ2n) is 17.8. The van der Waals surface area contributed by atoms with E-state index >= 15 is 0 Å². The molecule has 0 amide bonds. The monoisotopic (exact) mass is 896 g/mol. The van der Waals surface area contributed by atoms with Gasteiger partial charge in [-0.15, -0.1) is 11.3 Å². The van der Waals surface area contributed by atoms with Crippen LogP contribution in [-0.2, 0) is 0 Å². The molecule has 4 aromatic heterocycles. The third-order valence-corrected chi connectivity index (χ3v) is 14.9. The van der Waals surface area contributed by atoms with Crippen LogP contribution in [0.1, 0.15) is 0 Å². The summed E-state index contributed by atoms with van der Waals surface area (Å²) >= 11 is 1.83. The number of rotatable bonds is 7. The highest BCUT2D eigenvalue weighted by atomic mass is 32.1. The lowest BCUT2D eigenvalue weighted by atomic mass is 9.98. The van der Waals surface area contributed by atoms with Gasteiger partial charge in [0.15, 0.2) is 5.82 Å². The van der Waals surface area contributed by atoms with Crippen LogP contribution in [0, 0.1) is 0 Å². The lowest BCUT2D eigenvalue weighted by molar-refractivity contribution is 1.18. The van der Waals surface area contributed by atoms with Crippen molar-refractivity contribution in [3.63, 3.8) is 0 Å². The van der Waals surface area contributed by atoms with Crippen molar-refractivity contribution in [3.05, 3.63) is 243 Å². The van der Waals surface area contributed by atoms with Crippen LogP contribution in [0.5, 0.6) is 0 Å². The molecule has 0 radical (unpaired) electrons. The predicted molar refractivity (Wildman–Crippen MR) is 291 cm³/mol. The SMILES string of the molecule is c1ccc(-c2cc(-c3ccc4c(c3)sc3ccc(-c5ccc6c(c5)c5cc(-c7ccc8c(c7)c7ccccc7n8-c7ccccc7)ccc5n6-c5ccccc5)cc34)nc(-c3ccccc3)n2)cc1. The summed E-state index contributed by atoms with van der Waals surface area (Å²) in [5.74, 6) is 0.720. The number of benzene rings is 10. The van der Waals surface area contributed by atoms with E-state index in [0.29, 0.717) is 0 Å². The van der Waals surface area contributed by atoms with Crippen LogP contribution in [-0.4, -0.2) is 19.1 Å². The fraction of sp³-hybridized carbons (Fsp3) is 0. The standard InChI is InChI=1S/C64H40N4S/c1-5-15-41(16-6-1)56-40-57(66-64(65-56)42-17-7-2-8-18-42)47-25-30-51-55-38-46(29-34-62(55)69-63(51)39-47)45-28-33-61-54(37-45)53-36-44(27-32-60(53)68(61)49-21-11-4-12-22-49)43-26-31-59-52(35-43)50-23-13-14-24-58(50)67(59)48-19-9-3-10-20-48/h1-40H. The lowest BCUT2D eigenvalue weighted by Crippen LogP contribution is -1.95. The molecule has 0 N–H and O–H groups in total. The minimum Gasteiger partial charge on any atom is -0.309 e. The molecule has 0 saturated carbocycles. The molecule has 69 heavy (non-hydrogen) atoms. The first-order chi connectivity index (χ1) is 34.2. The molecule has 10 aromatic carbocycles. The first-order valence-electron chi connectivity index (χ1n) is 23.4. The van der Waals surface area contributed by atoms with Crippen LogP contribution >= 0.6 is 11.3 Å². The highest BCUT2D eigenvalue weighted by molar-refractivity contribution is 7.25. The van der Waals surface area contributed by atoms with Gasteiger partial charge in [0.25, 0.3) is 0 Å². The fourth-order valence-corrected chi connectivity index (χ4v) is 11.6. The van der Waals surface area contributed by atoms with Crippen LogP contribution in [0.4, 0.5) is 0 Å². The third kappa shape index (κ3) is 6.58. The van der Waals surface area contributed by atoms with Crippen LogP contribution in [0.3, 0.4) is 0 Å². The Morgan fingerprint density at radius 1 is 0.261 bits per heavy atom. The van der Waals surface area contributed by atoms with Gasteiger partial charge in [-0.05, 0) is 113 Å². The van der Waals surface area contributed by atoms with E-state index in [1.165, 1.54) is 86.0 Å². The molecule has 322 valence electrons. The Morgan fingerprint density at radius 2 is 0.696 bits per heavy atom. The van der Waals surface area contributed by atoms with Crippen molar-refractivity contribution in [2.75, 3.05) is 0 Å². The zero-order chi connectivity index (χ0) is 45.4. The molecule has 0 atom stereocenters. The third-order valence-electron chi connectivity index (χ3n) is 13.7. The van der Waals surface area contributed by atoms with Crippen LogP contribution in [0.2, 0.25) is 0 Å². The Labute approximate surface area is 402 Å². The van der Waals surface area contributed by atoms with Crippen molar-refractivity contribution in [2.45, 2.75) is 0 Å². The van der Waals surface area contributed by atoms with Crippen LogP contribution < -0.4 is 0 Å². The summed E-state index contributed by atoms with van der Waals surface area (Å²) in [7, 11) is 0. The first-order valence-corrected chi connectivity index (χ1v) is 24.2. The summed E-state index contributed by atoms with van der Waals surface area (Å²) in [4.78, 5) is 10.2. The minimum atomic E-state index is 0.720. The van der Waals surface area contributed by atoms with E-state index in [4.69, 9.17) is 9.97 Å². The van der Waals surface area contributed by atoms with Crippen molar-refractivity contribution >= 4 is 75.1 Å². The Bertz CT molecular complexity index is 4230. The number of nitrogens with zero attached hydrogens (tertiary/aromatic N) is 4. The van der Waals surface area contributed by atoms with Gasteiger partial charge in [0.2, 0.25) is 0 Å². The summed E-state index contributed by atoms with van der Waals surface area (Å²) < 4.78 is 7.28. The molecule has 4 nitrogen and oxygen atoms in total. The van der Waals surface area contributed by atoms with Crippen molar-refractivity contribution in [3.8, 4) is 67.5 Å². The predicted octanol–water partition coefficient (Wildman–Crippen LogP) is 17.4. The molecule has 0 unspecified atom stereocenters. The van der Waals surface area contributed by atoms with Crippen molar-refractivity contribution in [2.24, 2.45) is 0 Å². The maximum atomic E-state index is 5.13. The minimum absolute atomic E-state index is 0.720. The van der Waals surface area contributed by atoms with Crippen LogP contribution in [0.25, 0.3) is 131 Å². The van der Waals surface area contributed by atoms with E-state index in [-0.39, 0.29) is 0 Å². The Kier molecular flexibility index (Phi) is 9.04. The van der Waals surface area contributed by atoms with E-state index in [9.17, 15) is 0 Å². The number of fused-ring (bicyclic) bond motifs is 9. The molecule has 0 saturated heterocycles. The molecule has 0 aliphatic carbocycles. The maximum absolute atomic E-state index is 5.13. The van der Waals surface area contributed by atoms with Gasteiger partial charge >= 0.3 is 0 Å². The molecule has 14 aromatic rings. The zero-order valence-electron chi connectivity index (χ0n) is 37.3. The average Bonchev–Trinajstić information content (AvgIpc) is 4.08. The zero-order valence-corrected chi connectivity index (χ0v) is 38.1. The molecular formula is C64H40N4S. The molecule has 5 heteroatoms. The molecule has 0 spiro atoms. The highest BCUT2D eigenvalue weighted by Crippen LogP contribution is 2.42. The topological polar surface area (TPSA) is 35.6 Å². The smallest absolute Gasteiger partial charge is 0.160 e. The van der Waals surface area contributed by atoms with Crippen LogP contribution in [0.15, 0.2) is 243 Å². The van der Waals surface area contributed by atoms with E-state index in [1.807, 2.05) is 35.6 Å². The number of hydrogen-bond donors (Lipinski definition) is 0. The summed E-state index contributed by atoms with van der Waals surface area (Å²) in [6.45, 7) is 0. The van der Waals surface area contributed by atoms with Gasteiger partial charge in [0, 0.05) is 69.8 Å².